The van der Waals surface area contributed by atoms with E-state index >= 15 is 0 Å². The van der Waals surface area contributed by atoms with E-state index in [-0.39, 0.29) is 0 Å². The monoisotopic (exact) mass is 196 g/mol. The SMILES string of the molecule is C[C@H](O)[C@@H](O)[C@@H](O)[C@H](O)[C@@H](O)CO. The molecule has 0 aromatic rings. The Hall–Kier alpha value is -0.240. The van der Waals surface area contributed by atoms with Crippen molar-refractivity contribution in [1.82, 2.24) is 0 Å². The quantitative estimate of drug-likeness (QED) is 0.275. The number of aliphatic hydroxyl groups is 6. The molecule has 0 aliphatic carbocycles. The summed E-state index contributed by atoms with van der Waals surface area (Å²) in [5.41, 5.74) is 0. The predicted octanol–water partition coefficient (Wildman–Crippen LogP) is -3.20. The highest BCUT2D eigenvalue weighted by molar-refractivity contribution is 4.82. The molecule has 6 heteroatoms. The molecule has 0 radical (unpaired) electrons. The van der Waals surface area contributed by atoms with Crippen molar-refractivity contribution in [3.05, 3.63) is 0 Å². The Morgan fingerprint density at radius 2 is 1.31 bits per heavy atom. The van der Waals surface area contributed by atoms with Gasteiger partial charge in [0.25, 0.3) is 0 Å². The van der Waals surface area contributed by atoms with Crippen molar-refractivity contribution in [1.29, 1.82) is 0 Å². The van der Waals surface area contributed by atoms with Crippen molar-refractivity contribution in [2.45, 2.75) is 37.4 Å². The van der Waals surface area contributed by atoms with E-state index in [2.05, 4.69) is 0 Å². The van der Waals surface area contributed by atoms with Crippen LogP contribution in [0.1, 0.15) is 6.92 Å². The topological polar surface area (TPSA) is 121 Å². The van der Waals surface area contributed by atoms with Crippen molar-refractivity contribution in [2.24, 2.45) is 0 Å². The lowest BCUT2D eigenvalue weighted by molar-refractivity contribution is -0.137. The Balaban J connectivity index is 4.15. The Labute approximate surface area is 75.7 Å². The van der Waals surface area contributed by atoms with Crippen LogP contribution in [0.2, 0.25) is 0 Å². The van der Waals surface area contributed by atoms with E-state index in [4.69, 9.17) is 30.6 Å². The lowest BCUT2D eigenvalue weighted by atomic mass is 10.0. The maximum atomic E-state index is 9.13. The largest absolute Gasteiger partial charge is 0.394 e. The molecule has 0 aromatic heterocycles. The zero-order chi connectivity index (χ0) is 10.6. The first-order valence-corrected chi connectivity index (χ1v) is 3.93. The average molecular weight is 196 g/mol. The van der Waals surface area contributed by atoms with Crippen LogP contribution in [0, 0.1) is 0 Å². The minimum absolute atomic E-state index is 0.731. The smallest absolute Gasteiger partial charge is 0.111 e. The molecular formula is C7H16O6. The van der Waals surface area contributed by atoms with Crippen molar-refractivity contribution in [2.75, 3.05) is 6.61 Å². The average Bonchev–Trinajstić information content (AvgIpc) is 2.12. The van der Waals surface area contributed by atoms with Crippen LogP contribution >= 0.6 is 0 Å². The van der Waals surface area contributed by atoms with Gasteiger partial charge in [-0.2, -0.15) is 0 Å². The molecule has 0 rings (SSSR count). The molecule has 0 saturated heterocycles. The van der Waals surface area contributed by atoms with E-state index in [0.29, 0.717) is 0 Å². The van der Waals surface area contributed by atoms with Crippen LogP contribution in [0.4, 0.5) is 0 Å². The molecule has 6 nitrogen and oxygen atoms in total. The van der Waals surface area contributed by atoms with Gasteiger partial charge in [0, 0.05) is 0 Å². The van der Waals surface area contributed by atoms with Gasteiger partial charge >= 0.3 is 0 Å². The van der Waals surface area contributed by atoms with Gasteiger partial charge in [0.2, 0.25) is 0 Å². The molecule has 0 aliphatic heterocycles. The third-order valence-electron chi connectivity index (χ3n) is 1.78. The van der Waals surface area contributed by atoms with Crippen molar-refractivity contribution >= 4 is 0 Å². The number of hydrogen-bond acceptors (Lipinski definition) is 6. The van der Waals surface area contributed by atoms with E-state index in [0.717, 1.165) is 0 Å². The zero-order valence-electron chi connectivity index (χ0n) is 7.28. The van der Waals surface area contributed by atoms with Crippen LogP contribution in [0.5, 0.6) is 0 Å². The van der Waals surface area contributed by atoms with Gasteiger partial charge in [-0.05, 0) is 6.92 Å². The number of aliphatic hydroxyl groups excluding tert-OH is 6. The summed E-state index contributed by atoms with van der Waals surface area (Å²) in [5.74, 6) is 0. The van der Waals surface area contributed by atoms with Gasteiger partial charge in [-0.15, -0.1) is 0 Å². The van der Waals surface area contributed by atoms with Crippen LogP contribution in [0.3, 0.4) is 0 Å². The predicted molar refractivity (Wildman–Crippen MR) is 42.8 cm³/mol. The number of hydrogen-bond donors (Lipinski definition) is 6. The molecule has 0 fully saturated rings. The van der Waals surface area contributed by atoms with Gasteiger partial charge in [0.15, 0.2) is 0 Å². The maximum absolute atomic E-state index is 9.13. The van der Waals surface area contributed by atoms with Crippen molar-refractivity contribution in [3.8, 4) is 0 Å². The fourth-order valence-electron chi connectivity index (χ4n) is 0.823. The van der Waals surface area contributed by atoms with E-state index in [1.54, 1.807) is 0 Å². The molecule has 0 saturated carbocycles. The third kappa shape index (κ3) is 3.55. The van der Waals surface area contributed by atoms with E-state index in [1.807, 2.05) is 0 Å². The standard InChI is InChI=1S/C7H16O6/c1-3(9)5(11)7(13)6(12)4(10)2-8/h3-13H,2H2,1H3/t3-,4-,5+,6+,7+/m0/s1. The van der Waals surface area contributed by atoms with Gasteiger partial charge in [-0.25, -0.2) is 0 Å². The van der Waals surface area contributed by atoms with Crippen LogP contribution in [-0.4, -0.2) is 67.8 Å². The van der Waals surface area contributed by atoms with Crippen LogP contribution in [0.15, 0.2) is 0 Å². The molecule has 13 heavy (non-hydrogen) atoms. The molecule has 0 amide bonds. The molecule has 0 heterocycles. The summed E-state index contributed by atoms with van der Waals surface area (Å²) < 4.78 is 0. The second-order valence-electron chi connectivity index (χ2n) is 2.96. The van der Waals surface area contributed by atoms with Crippen LogP contribution in [0.25, 0.3) is 0 Å². The van der Waals surface area contributed by atoms with Crippen LogP contribution < -0.4 is 0 Å². The summed E-state index contributed by atoms with van der Waals surface area (Å²) >= 11 is 0. The highest BCUT2D eigenvalue weighted by atomic mass is 16.4. The lowest BCUT2D eigenvalue weighted by Gasteiger charge is -2.26. The first-order valence-electron chi connectivity index (χ1n) is 3.93. The maximum Gasteiger partial charge on any atom is 0.111 e. The molecular weight excluding hydrogens is 180 g/mol. The Morgan fingerprint density at radius 1 is 0.846 bits per heavy atom. The fraction of sp³-hybridized carbons (Fsp3) is 1.00. The molecule has 0 unspecified atom stereocenters. The van der Waals surface area contributed by atoms with Gasteiger partial charge in [-0.1, -0.05) is 0 Å². The number of rotatable bonds is 5. The second kappa shape index (κ2) is 5.48. The zero-order valence-corrected chi connectivity index (χ0v) is 7.28. The summed E-state index contributed by atoms with van der Waals surface area (Å²) in [6.07, 6.45) is -7.70. The van der Waals surface area contributed by atoms with Crippen molar-refractivity contribution in [3.63, 3.8) is 0 Å². The first kappa shape index (κ1) is 12.8. The minimum Gasteiger partial charge on any atom is -0.394 e. The Kier molecular flexibility index (Phi) is 5.38. The normalized spacial score (nSPS) is 23.3. The summed E-state index contributed by atoms with van der Waals surface area (Å²) in [6.45, 7) is 0.497. The molecule has 0 bridgehead atoms. The fourth-order valence-corrected chi connectivity index (χ4v) is 0.823. The Bertz CT molecular complexity index is 139. The van der Waals surface area contributed by atoms with Crippen molar-refractivity contribution < 1.29 is 30.6 Å². The van der Waals surface area contributed by atoms with Gasteiger partial charge in [0.1, 0.15) is 24.4 Å². The highest BCUT2D eigenvalue weighted by Gasteiger charge is 2.32. The van der Waals surface area contributed by atoms with Gasteiger partial charge < -0.3 is 30.6 Å². The third-order valence-corrected chi connectivity index (χ3v) is 1.78. The molecule has 0 aliphatic rings. The molecule has 0 spiro atoms. The van der Waals surface area contributed by atoms with Gasteiger partial charge in [0.05, 0.1) is 12.7 Å². The first-order chi connectivity index (χ1) is 5.91. The minimum atomic E-state index is -1.69. The molecule has 6 N–H and O–H groups in total. The molecule has 5 atom stereocenters. The van der Waals surface area contributed by atoms with E-state index in [1.165, 1.54) is 6.92 Å². The Morgan fingerprint density at radius 3 is 1.62 bits per heavy atom. The molecule has 0 aromatic carbocycles. The van der Waals surface area contributed by atoms with Crippen LogP contribution in [-0.2, 0) is 0 Å². The highest BCUT2D eigenvalue weighted by Crippen LogP contribution is 2.07. The summed E-state index contributed by atoms with van der Waals surface area (Å²) in [7, 11) is 0. The van der Waals surface area contributed by atoms with E-state index in [9.17, 15) is 0 Å². The second-order valence-corrected chi connectivity index (χ2v) is 2.96. The molecule has 80 valence electrons. The van der Waals surface area contributed by atoms with E-state index < -0.39 is 37.1 Å². The summed E-state index contributed by atoms with van der Waals surface area (Å²) in [5, 5.41) is 53.4. The van der Waals surface area contributed by atoms with Gasteiger partial charge in [-0.3, -0.25) is 0 Å². The lowest BCUT2D eigenvalue weighted by Crippen LogP contribution is -2.49. The summed E-state index contributed by atoms with van der Waals surface area (Å²) in [6, 6.07) is 0. The summed E-state index contributed by atoms with van der Waals surface area (Å²) in [4.78, 5) is 0.